The van der Waals surface area contributed by atoms with Gasteiger partial charge in [0.25, 0.3) is 0 Å². The Labute approximate surface area is 107 Å². The van der Waals surface area contributed by atoms with E-state index in [9.17, 15) is 9.59 Å². The number of carbonyl (C=O) groups excluding carboxylic acids is 2. The van der Waals surface area contributed by atoms with Crippen LogP contribution in [-0.2, 0) is 4.79 Å². The van der Waals surface area contributed by atoms with E-state index in [2.05, 4.69) is 0 Å². The first-order valence-electron chi connectivity index (χ1n) is 6.40. The van der Waals surface area contributed by atoms with E-state index in [4.69, 9.17) is 4.74 Å². The van der Waals surface area contributed by atoms with E-state index >= 15 is 0 Å². The first-order chi connectivity index (χ1) is 8.70. The van der Waals surface area contributed by atoms with Crippen LogP contribution < -0.4 is 4.74 Å². The van der Waals surface area contributed by atoms with E-state index in [-0.39, 0.29) is 23.9 Å². The maximum absolute atomic E-state index is 11.9. The van der Waals surface area contributed by atoms with Gasteiger partial charge in [0.1, 0.15) is 11.5 Å². The number of ketones is 2. The van der Waals surface area contributed by atoms with E-state index in [1.54, 1.807) is 31.4 Å². The van der Waals surface area contributed by atoms with Gasteiger partial charge in [-0.25, -0.2) is 0 Å². The normalized spacial score (nSPS) is 15.6. The van der Waals surface area contributed by atoms with E-state index in [1.807, 2.05) is 0 Å². The molecule has 1 aliphatic rings. The van der Waals surface area contributed by atoms with Crippen LogP contribution in [0.25, 0.3) is 0 Å². The number of hydrogen-bond donors (Lipinski definition) is 0. The molecule has 0 saturated heterocycles. The maximum atomic E-state index is 11.9. The molecule has 3 heteroatoms. The Bertz CT molecular complexity index is 428. The zero-order chi connectivity index (χ0) is 13.0. The highest BCUT2D eigenvalue weighted by atomic mass is 16.5. The molecule has 0 heterocycles. The summed E-state index contributed by atoms with van der Waals surface area (Å²) in [7, 11) is 1.58. The predicted molar refractivity (Wildman–Crippen MR) is 68.9 cm³/mol. The van der Waals surface area contributed by atoms with Crippen molar-refractivity contribution in [3.05, 3.63) is 29.8 Å². The van der Waals surface area contributed by atoms with Gasteiger partial charge in [0.05, 0.1) is 13.5 Å². The molecule has 0 bridgehead atoms. The van der Waals surface area contributed by atoms with Gasteiger partial charge in [0, 0.05) is 11.5 Å². The summed E-state index contributed by atoms with van der Waals surface area (Å²) in [6.45, 7) is 0. The van der Waals surface area contributed by atoms with Crippen LogP contribution >= 0.6 is 0 Å². The maximum Gasteiger partial charge on any atom is 0.170 e. The SMILES string of the molecule is COc1ccc(C(=O)CC(=O)C2CCCC2)cc1. The Hall–Kier alpha value is -1.64. The van der Waals surface area contributed by atoms with Crippen LogP contribution in [0.5, 0.6) is 5.75 Å². The summed E-state index contributed by atoms with van der Waals surface area (Å²) in [6.07, 6.45) is 4.18. The zero-order valence-corrected chi connectivity index (χ0v) is 10.6. The Morgan fingerprint density at radius 3 is 2.33 bits per heavy atom. The molecule has 2 rings (SSSR count). The largest absolute Gasteiger partial charge is 0.497 e. The minimum Gasteiger partial charge on any atom is -0.497 e. The smallest absolute Gasteiger partial charge is 0.170 e. The lowest BCUT2D eigenvalue weighted by Crippen LogP contribution is -2.15. The van der Waals surface area contributed by atoms with E-state index in [0.29, 0.717) is 11.3 Å². The summed E-state index contributed by atoms with van der Waals surface area (Å²) in [5.74, 6) is 0.851. The van der Waals surface area contributed by atoms with Gasteiger partial charge in [0.2, 0.25) is 0 Å². The van der Waals surface area contributed by atoms with Crippen molar-refractivity contribution in [2.45, 2.75) is 32.1 Å². The molecule has 1 aromatic rings. The number of methoxy groups -OCH3 is 1. The third-order valence-corrected chi connectivity index (χ3v) is 3.56. The molecular formula is C15H18O3. The van der Waals surface area contributed by atoms with Gasteiger partial charge in [-0.05, 0) is 37.1 Å². The number of carbonyl (C=O) groups is 2. The molecule has 0 aromatic heterocycles. The Morgan fingerprint density at radius 1 is 1.17 bits per heavy atom. The van der Waals surface area contributed by atoms with Crippen LogP contribution in [-0.4, -0.2) is 18.7 Å². The van der Waals surface area contributed by atoms with E-state index in [1.165, 1.54) is 0 Å². The molecule has 0 radical (unpaired) electrons. The molecular weight excluding hydrogens is 228 g/mol. The quantitative estimate of drug-likeness (QED) is 0.592. The number of ether oxygens (including phenoxy) is 1. The lowest BCUT2D eigenvalue weighted by Gasteiger charge is -2.07. The second kappa shape index (κ2) is 5.80. The highest BCUT2D eigenvalue weighted by molar-refractivity contribution is 6.08. The fourth-order valence-electron chi connectivity index (χ4n) is 2.43. The minimum atomic E-state index is -0.0884. The Kier molecular flexibility index (Phi) is 4.13. The van der Waals surface area contributed by atoms with Gasteiger partial charge >= 0.3 is 0 Å². The van der Waals surface area contributed by atoms with Gasteiger partial charge in [0.15, 0.2) is 5.78 Å². The van der Waals surface area contributed by atoms with Gasteiger partial charge in [-0.1, -0.05) is 12.8 Å². The lowest BCUT2D eigenvalue weighted by molar-refractivity contribution is -0.121. The topological polar surface area (TPSA) is 43.4 Å². The lowest BCUT2D eigenvalue weighted by atomic mass is 9.96. The van der Waals surface area contributed by atoms with Crippen LogP contribution in [0.15, 0.2) is 24.3 Å². The van der Waals surface area contributed by atoms with Crippen LogP contribution in [0.3, 0.4) is 0 Å². The predicted octanol–water partition coefficient (Wildman–Crippen LogP) is 3.03. The van der Waals surface area contributed by atoms with E-state index < -0.39 is 0 Å². The summed E-state index contributed by atoms with van der Waals surface area (Å²) in [5.41, 5.74) is 0.585. The minimum absolute atomic E-state index is 0.0387. The second-order valence-corrected chi connectivity index (χ2v) is 4.78. The fraction of sp³-hybridized carbons (Fsp3) is 0.467. The van der Waals surface area contributed by atoms with Crippen molar-refractivity contribution in [2.75, 3.05) is 7.11 Å². The van der Waals surface area contributed by atoms with Gasteiger partial charge < -0.3 is 4.74 Å². The molecule has 96 valence electrons. The van der Waals surface area contributed by atoms with E-state index in [0.717, 1.165) is 25.7 Å². The summed E-state index contributed by atoms with van der Waals surface area (Å²) < 4.78 is 5.03. The molecule has 0 atom stereocenters. The first kappa shape index (κ1) is 12.8. The molecule has 1 aromatic carbocycles. The molecule has 0 N–H and O–H groups in total. The molecule has 0 aliphatic heterocycles. The Morgan fingerprint density at radius 2 is 1.78 bits per heavy atom. The first-order valence-corrected chi connectivity index (χ1v) is 6.40. The molecule has 1 fully saturated rings. The number of rotatable bonds is 5. The molecule has 18 heavy (non-hydrogen) atoms. The summed E-state index contributed by atoms with van der Waals surface area (Å²) in [4.78, 5) is 23.9. The molecule has 1 aliphatic carbocycles. The third-order valence-electron chi connectivity index (χ3n) is 3.56. The molecule has 1 saturated carbocycles. The van der Waals surface area contributed by atoms with Gasteiger partial charge in [-0.15, -0.1) is 0 Å². The van der Waals surface area contributed by atoms with Gasteiger partial charge in [-0.3, -0.25) is 9.59 Å². The number of benzene rings is 1. The van der Waals surface area contributed by atoms with Crippen molar-refractivity contribution >= 4 is 11.6 Å². The molecule has 0 amide bonds. The van der Waals surface area contributed by atoms with Crippen molar-refractivity contribution in [3.63, 3.8) is 0 Å². The average Bonchev–Trinajstić information content (AvgIpc) is 2.92. The van der Waals surface area contributed by atoms with Crippen molar-refractivity contribution in [1.29, 1.82) is 0 Å². The molecule has 0 unspecified atom stereocenters. The summed E-state index contributed by atoms with van der Waals surface area (Å²) >= 11 is 0. The number of Topliss-reactive ketones (excluding diaryl/α,β-unsaturated/α-hetero) is 2. The Balaban J connectivity index is 1.95. The number of hydrogen-bond acceptors (Lipinski definition) is 3. The van der Waals surface area contributed by atoms with Crippen LogP contribution in [0.1, 0.15) is 42.5 Å². The van der Waals surface area contributed by atoms with Crippen molar-refractivity contribution in [1.82, 2.24) is 0 Å². The average molecular weight is 246 g/mol. The van der Waals surface area contributed by atoms with Gasteiger partial charge in [-0.2, -0.15) is 0 Å². The third kappa shape index (κ3) is 2.97. The molecule has 0 spiro atoms. The van der Waals surface area contributed by atoms with Crippen molar-refractivity contribution < 1.29 is 14.3 Å². The second-order valence-electron chi connectivity index (χ2n) is 4.78. The fourth-order valence-corrected chi connectivity index (χ4v) is 2.43. The standard InChI is InChI=1S/C15H18O3/c1-18-13-8-6-12(7-9-13)15(17)10-14(16)11-4-2-3-5-11/h6-9,11H,2-5,10H2,1H3. The van der Waals surface area contributed by atoms with Crippen LogP contribution in [0.4, 0.5) is 0 Å². The van der Waals surface area contributed by atoms with Crippen LogP contribution in [0, 0.1) is 5.92 Å². The summed E-state index contributed by atoms with van der Waals surface area (Å²) in [5, 5.41) is 0. The van der Waals surface area contributed by atoms with Crippen molar-refractivity contribution in [3.8, 4) is 5.75 Å². The van der Waals surface area contributed by atoms with Crippen molar-refractivity contribution in [2.24, 2.45) is 5.92 Å². The monoisotopic (exact) mass is 246 g/mol. The highest BCUT2D eigenvalue weighted by Crippen LogP contribution is 2.27. The highest BCUT2D eigenvalue weighted by Gasteiger charge is 2.24. The van der Waals surface area contributed by atoms with Crippen LogP contribution in [0.2, 0.25) is 0 Å². The zero-order valence-electron chi connectivity index (χ0n) is 10.6. The summed E-state index contributed by atoms with van der Waals surface area (Å²) in [6, 6.07) is 6.91. The molecule has 3 nitrogen and oxygen atoms in total.